The lowest BCUT2D eigenvalue weighted by Gasteiger charge is -2.24. The standard InChI is InChI=1S/C35H45F7O/c1-7-8-10-22(2)13-14-23(3)27-11-9-12-28(18-17-27)29(16-15-24(4)36)19-31(38)26(6)35(41,42)43-33-21-30(37)20-32(39)34(40)25(33)5/h9,12,15,17-19,21-23,32-33H,7-8,10-11,13-14,16,20H2,1-6H3/b24-15+,29-19+,31-26-. The molecule has 0 bridgehead atoms. The molecule has 8 heteroatoms. The zero-order valence-electron chi connectivity index (χ0n) is 26.1. The molecule has 0 heterocycles. The monoisotopic (exact) mass is 614 g/mol. The Morgan fingerprint density at radius 2 is 1.79 bits per heavy atom. The second kappa shape index (κ2) is 17.0. The van der Waals surface area contributed by atoms with Crippen molar-refractivity contribution < 1.29 is 35.5 Å². The Kier molecular flexibility index (Phi) is 14.5. The fraction of sp³-hybridized carbons (Fsp3) is 0.543. The van der Waals surface area contributed by atoms with Gasteiger partial charge < -0.3 is 4.74 Å². The minimum absolute atomic E-state index is 0.0686. The lowest BCUT2D eigenvalue weighted by molar-refractivity contribution is -0.220. The van der Waals surface area contributed by atoms with E-state index in [1.165, 1.54) is 37.8 Å². The number of rotatable bonds is 14. The first-order valence-electron chi connectivity index (χ1n) is 15.1. The molecule has 0 spiro atoms. The molecular formula is C35H45F7O. The Morgan fingerprint density at radius 1 is 1.09 bits per heavy atom. The fourth-order valence-electron chi connectivity index (χ4n) is 4.92. The first-order chi connectivity index (χ1) is 20.2. The molecule has 2 aliphatic rings. The van der Waals surface area contributed by atoms with Crippen molar-refractivity contribution in [2.24, 2.45) is 11.8 Å². The summed E-state index contributed by atoms with van der Waals surface area (Å²) in [5.74, 6) is -3.46. The van der Waals surface area contributed by atoms with Crippen molar-refractivity contribution in [2.45, 2.75) is 111 Å². The zero-order chi connectivity index (χ0) is 32.3. The van der Waals surface area contributed by atoms with Gasteiger partial charge in [0.25, 0.3) is 0 Å². The Hall–Kier alpha value is -2.61. The van der Waals surface area contributed by atoms with E-state index < -0.39 is 59.3 Å². The second-order valence-corrected chi connectivity index (χ2v) is 11.7. The summed E-state index contributed by atoms with van der Waals surface area (Å²) < 4.78 is 106. The third-order valence-corrected chi connectivity index (χ3v) is 8.03. The van der Waals surface area contributed by atoms with Crippen LogP contribution in [0.5, 0.6) is 0 Å². The number of halogens is 7. The Bertz CT molecular complexity index is 1210. The lowest BCUT2D eigenvalue weighted by Crippen LogP contribution is -2.30. The third-order valence-electron chi connectivity index (χ3n) is 8.03. The third kappa shape index (κ3) is 11.4. The maximum absolute atomic E-state index is 15.4. The van der Waals surface area contributed by atoms with Crippen molar-refractivity contribution in [3.63, 3.8) is 0 Å². The number of allylic oxidation sites excluding steroid dienone is 13. The molecule has 0 saturated carbocycles. The smallest absolute Gasteiger partial charge is 0.304 e. The molecule has 0 fully saturated rings. The minimum atomic E-state index is -4.29. The van der Waals surface area contributed by atoms with Gasteiger partial charge in [-0.15, -0.1) is 0 Å². The van der Waals surface area contributed by atoms with Crippen LogP contribution < -0.4 is 0 Å². The van der Waals surface area contributed by atoms with Crippen LogP contribution in [0, 0.1) is 11.8 Å². The summed E-state index contributed by atoms with van der Waals surface area (Å²) in [4.78, 5) is 0. The van der Waals surface area contributed by atoms with Crippen molar-refractivity contribution >= 4 is 0 Å². The van der Waals surface area contributed by atoms with E-state index >= 15 is 13.2 Å². The molecule has 1 nitrogen and oxygen atoms in total. The first kappa shape index (κ1) is 36.6. The summed E-state index contributed by atoms with van der Waals surface area (Å²) in [7, 11) is 0. The molecular weight excluding hydrogens is 569 g/mol. The van der Waals surface area contributed by atoms with E-state index in [-0.39, 0.29) is 12.0 Å². The summed E-state index contributed by atoms with van der Waals surface area (Å²) in [6.45, 7) is 9.64. The largest absolute Gasteiger partial charge is 0.383 e. The number of hydrogen-bond acceptors (Lipinski definition) is 1. The second-order valence-electron chi connectivity index (χ2n) is 11.7. The van der Waals surface area contributed by atoms with Crippen molar-refractivity contribution in [2.75, 3.05) is 0 Å². The van der Waals surface area contributed by atoms with E-state index in [4.69, 9.17) is 0 Å². The molecule has 4 atom stereocenters. The molecule has 0 N–H and O–H groups in total. The molecule has 2 aliphatic carbocycles. The van der Waals surface area contributed by atoms with Gasteiger partial charge in [0.05, 0.1) is 11.4 Å². The van der Waals surface area contributed by atoms with Gasteiger partial charge in [0, 0.05) is 6.42 Å². The minimum Gasteiger partial charge on any atom is -0.304 e. The summed E-state index contributed by atoms with van der Waals surface area (Å²) in [5, 5.41) is 0. The fourth-order valence-corrected chi connectivity index (χ4v) is 4.92. The average Bonchev–Trinajstić information content (AvgIpc) is 3.25. The molecule has 0 saturated heterocycles. The highest BCUT2D eigenvalue weighted by molar-refractivity contribution is 5.48. The van der Waals surface area contributed by atoms with Crippen LogP contribution in [-0.4, -0.2) is 18.4 Å². The summed E-state index contributed by atoms with van der Waals surface area (Å²) in [5.41, 5.74) is 0.268. The Balaban J connectivity index is 2.36. The van der Waals surface area contributed by atoms with Crippen LogP contribution in [0.3, 0.4) is 0 Å². The highest BCUT2D eigenvalue weighted by Crippen LogP contribution is 2.37. The number of unbranched alkanes of at least 4 members (excludes halogenated alkanes) is 1. The quantitative estimate of drug-likeness (QED) is 0.140. The van der Waals surface area contributed by atoms with Crippen molar-refractivity contribution in [1.29, 1.82) is 0 Å². The van der Waals surface area contributed by atoms with E-state index in [9.17, 15) is 17.6 Å². The van der Waals surface area contributed by atoms with Crippen LogP contribution in [0.2, 0.25) is 0 Å². The molecule has 4 unspecified atom stereocenters. The molecule has 240 valence electrons. The van der Waals surface area contributed by atoms with Gasteiger partial charge in [0.1, 0.15) is 23.6 Å². The first-order valence-corrected chi connectivity index (χ1v) is 15.1. The van der Waals surface area contributed by atoms with Gasteiger partial charge in [-0.1, -0.05) is 76.3 Å². The molecule has 43 heavy (non-hydrogen) atoms. The number of hydrogen-bond donors (Lipinski definition) is 0. The van der Waals surface area contributed by atoms with Gasteiger partial charge in [-0.25, -0.2) is 22.0 Å². The summed E-state index contributed by atoms with van der Waals surface area (Å²) >= 11 is 0. The van der Waals surface area contributed by atoms with Crippen molar-refractivity contribution in [1.82, 2.24) is 0 Å². The Morgan fingerprint density at radius 3 is 2.44 bits per heavy atom. The maximum Gasteiger partial charge on any atom is 0.383 e. The molecule has 0 aromatic rings. The van der Waals surface area contributed by atoms with E-state index in [0.29, 0.717) is 29.9 Å². The van der Waals surface area contributed by atoms with Gasteiger partial charge in [-0.05, 0) is 86.8 Å². The van der Waals surface area contributed by atoms with Crippen LogP contribution in [0.25, 0.3) is 0 Å². The normalized spacial score (nSPS) is 22.8. The van der Waals surface area contributed by atoms with E-state index in [2.05, 4.69) is 25.5 Å². The Labute approximate surface area is 252 Å². The average molecular weight is 615 g/mol. The van der Waals surface area contributed by atoms with E-state index in [1.807, 2.05) is 12.2 Å². The van der Waals surface area contributed by atoms with Crippen LogP contribution in [0.4, 0.5) is 30.7 Å². The number of alkyl halides is 3. The van der Waals surface area contributed by atoms with Crippen molar-refractivity contribution in [3.05, 3.63) is 93.7 Å². The molecule has 0 aliphatic heterocycles. The highest BCUT2D eigenvalue weighted by Gasteiger charge is 2.40. The van der Waals surface area contributed by atoms with Gasteiger partial charge in [-0.2, -0.15) is 8.78 Å². The van der Waals surface area contributed by atoms with Gasteiger partial charge in [0.15, 0.2) is 6.17 Å². The SMILES string of the molecule is CCCCC(C)CCC(C)C1=CC=C(/C(=C/C(F)=C(\C)C(F)(F)OC2C=C(F)CC(F)C(F)=C2C)C/C=C(\C)F)C=CC1. The topological polar surface area (TPSA) is 9.23 Å². The molecule has 0 radical (unpaired) electrons. The molecule has 0 amide bonds. The van der Waals surface area contributed by atoms with Gasteiger partial charge in [-0.3, -0.25) is 0 Å². The maximum atomic E-state index is 15.4. The molecule has 0 aromatic heterocycles. The zero-order valence-corrected chi connectivity index (χ0v) is 26.1. The van der Waals surface area contributed by atoms with Gasteiger partial charge in [0.2, 0.25) is 0 Å². The lowest BCUT2D eigenvalue weighted by atomic mass is 9.89. The van der Waals surface area contributed by atoms with Crippen LogP contribution in [-0.2, 0) is 4.74 Å². The van der Waals surface area contributed by atoms with Crippen molar-refractivity contribution in [3.8, 4) is 0 Å². The highest BCUT2D eigenvalue weighted by atomic mass is 19.3. The summed E-state index contributed by atoms with van der Waals surface area (Å²) in [6, 6.07) is 0. The molecule has 0 aromatic carbocycles. The number of ether oxygens (including phenoxy) is 1. The predicted octanol–water partition coefficient (Wildman–Crippen LogP) is 12.3. The van der Waals surface area contributed by atoms with Crippen LogP contribution in [0.1, 0.15) is 92.9 Å². The van der Waals surface area contributed by atoms with Crippen LogP contribution >= 0.6 is 0 Å². The van der Waals surface area contributed by atoms with E-state index in [1.54, 1.807) is 12.2 Å². The predicted molar refractivity (Wildman–Crippen MR) is 161 cm³/mol. The summed E-state index contributed by atoms with van der Waals surface area (Å²) in [6.07, 6.45) is 6.91. The van der Waals surface area contributed by atoms with E-state index in [0.717, 1.165) is 32.8 Å². The molecule has 2 rings (SSSR count). The van der Waals surface area contributed by atoms with Gasteiger partial charge >= 0.3 is 6.11 Å². The van der Waals surface area contributed by atoms with Crippen LogP contribution in [0.15, 0.2) is 93.7 Å².